The summed E-state index contributed by atoms with van der Waals surface area (Å²) in [5, 5.41) is 54.4. The quantitative estimate of drug-likeness (QED) is 0.0261. The van der Waals surface area contributed by atoms with Gasteiger partial charge in [0.1, 0.15) is 24.4 Å². The third-order valence-electron chi connectivity index (χ3n) is 14.1. The van der Waals surface area contributed by atoms with E-state index >= 15 is 0 Å². The zero-order valence-electron chi connectivity index (χ0n) is 45.5. The number of carbonyl (C=O) groups is 1. The van der Waals surface area contributed by atoms with Crippen molar-refractivity contribution < 1.29 is 39.8 Å². The molecule has 0 aromatic carbocycles. The van der Waals surface area contributed by atoms with Crippen LogP contribution in [-0.2, 0) is 14.3 Å². The number of carbonyl (C=O) groups excluding carboxylic acids is 1. The van der Waals surface area contributed by atoms with Crippen LogP contribution in [0.15, 0.2) is 48.6 Å². The van der Waals surface area contributed by atoms with Crippen LogP contribution in [0.3, 0.4) is 0 Å². The van der Waals surface area contributed by atoms with Crippen molar-refractivity contribution >= 4 is 5.91 Å². The van der Waals surface area contributed by atoms with Crippen molar-refractivity contribution in [3.8, 4) is 0 Å². The summed E-state index contributed by atoms with van der Waals surface area (Å²) in [6.45, 7) is 3.76. The third kappa shape index (κ3) is 39.7. The van der Waals surface area contributed by atoms with E-state index in [1.165, 1.54) is 212 Å². The molecule has 7 atom stereocenters. The van der Waals surface area contributed by atoms with Crippen molar-refractivity contribution in [2.24, 2.45) is 0 Å². The summed E-state index contributed by atoms with van der Waals surface area (Å²) < 4.78 is 11.2. The van der Waals surface area contributed by atoms with Gasteiger partial charge in [-0.05, 0) is 64.2 Å². The molecule has 1 fully saturated rings. The second kappa shape index (κ2) is 50.7. The van der Waals surface area contributed by atoms with Crippen LogP contribution in [0.2, 0.25) is 0 Å². The Morgan fingerprint density at radius 1 is 0.486 bits per heavy atom. The largest absolute Gasteiger partial charge is 0.394 e. The fourth-order valence-electron chi connectivity index (χ4n) is 9.38. The highest BCUT2D eigenvalue weighted by molar-refractivity contribution is 5.76. The number of nitrogens with one attached hydrogen (secondary N) is 1. The SMILES string of the molecule is CCCCCCC/C=C\C/C=C\CCCCCCCCCCCCCCCCCCCCCCCC(=O)NC(COC1OC(CO)C(O)C(O)C1O)C(O)/C=C/CC/C=C/CCCCCCCCCC. The van der Waals surface area contributed by atoms with Crippen molar-refractivity contribution in [3.05, 3.63) is 48.6 Å². The number of unbranched alkanes of at least 4 members (excludes halogenated alkanes) is 35. The topological polar surface area (TPSA) is 149 Å². The summed E-state index contributed by atoms with van der Waals surface area (Å²) in [4.78, 5) is 13.0. The minimum absolute atomic E-state index is 0.184. The molecule has 9 nitrogen and oxygen atoms in total. The minimum atomic E-state index is -1.57. The lowest BCUT2D eigenvalue weighted by Gasteiger charge is -2.40. The lowest BCUT2D eigenvalue weighted by Crippen LogP contribution is -2.60. The Morgan fingerprint density at radius 2 is 0.857 bits per heavy atom. The molecule has 0 aromatic heterocycles. The zero-order valence-corrected chi connectivity index (χ0v) is 45.5. The normalized spacial score (nSPS) is 19.7. The molecule has 1 aliphatic rings. The molecular weight excluding hydrogens is 875 g/mol. The van der Waals surface area contributed by atoms with Gasteiger partial charge in [0.15, 0.2) is 6.29 Å². The van der Waals surface area contributed by atoms with Gasteiger partial charge in [0, 0.05) is 6.42 Å². The molecule has 6 N–H and O–H groups in total. The van der Waals surface area contributed by atoms with E-state index in [-0.39, 0.29) is 12.5 Å². The Hall–Kier alpha value is -1.85. The first-order chi connectivity index (χ1) is 34.3. The molecule has 0 radical (unpaired) electrons. The molecule has 0 aliphatic carbocycles. The van der Waals surface area contributed by atoms with E-state index in [0.717, 1.165) is 44.9 Å². The van der Waals surface area contributed by atoms with Gasteiger partial charge in [0.2, 0.25) is 5.91 Å². The summed E-state index contributed by atoms with van der Waals surface area (Å²) in [5.74, 6) is -0.184. The standard InChI is InChI=1S/C61H113NO8/c1-3-5-7-9-11-13-15-17-19-20-21-22-23-24-25-26-27-28-29-30-31-32-33-34-35-36-37-39-41-43-45-47-49-51-57(65)62-54(53-69-61-60(68)59(67)58(66)56(52-63)70-61)55(64)50-48-46-44-42-40-38-18-16-14-12-10-8-6-4-2/h15,17,20-21,40,42,48,50,54-56,58-61,63-64,66-68H,3-14,16,18-19,22-39,41,43-47,49,51-53H2,1-2H3,(H,62,65)/b17-15-,21-20-,42-40+,50-48+. The molecule has 9 heteroatoms. The van der Waals surface area contributed by atoms with Gasteiger partial charge in [-0.3, -0.25) is 4.79 Å². The number of allylic oxidation sites excluding steroid dienone is 7. The number of hydrogen-bond donors (Lipinski definition) is 6. The van der Waals surface area contributed by atoms with Gasteiger partial charge in [-0.1, -0.05) is 255 Å². The van der Waals surface area contributed by atoms with Crippen LogP contribution < -0.4 is 5.32 Å². The summed E-state index contributed by atoms with van der Waals surface area (Å²) in [7, 11) is 0. The number of rotatable bonds is 51. The van der Waals surface area contributed by atoms with E-state index in [4.69, 9.17) is 9.47 Å². The molecule has 410 valence electrons. The Labute approximate surface area is 431 Å². The van der Waals surface area contributed by atoms with Crippen LogP contribution >= 0.6 is 0 Å². The molecule has 1 amide bonds. The Balaban J connectivity index is 2.12. The van der Waals surface area contributed by atoms with E-state index in [2.05, 4.69) is 55.6 Å². The molecule has 0 aromatic rings. The van der Waals surface area contributed by atoms with Crippen molar-refractivity contribution in [3.63, 3.8) is 0 Å². The molecule has 7 unspecified atom stereocenters. The Morgan fingerprint density at radius 3 is 1.29 bits per heavy atom. The minimum Gasteiger partial charge on any atom is -0.394 e. The highest BCUT2D eigenvalue weighted by Gasteiger charge is 2.44. The predicted octanol–water partition coefficient (Wildman–Crippen LogP) is 14.9. The van der Waals surface area contributed by atoms with Crippen LogP contribution in [0, 0.1) is 0 Å². The number of aliphatic hydroxyl groups excluding tert-OH is 5. The number of hydrogen-bond acceptors (Lipinski definition) is 8. The fraction of sp³-hybridized carbons (Fsp3) is 0.852. The average Bonchev–Trinajstić information content (AvgIpc) is 3.36. The lowest BCUT2D eigenvalue weighted by atomic mass is 9.99. The van der Waals surface area contributed by atoms with Crippen LogP contribution in [-0.4, -0.2) is 87.5 Å². The number of ether oxygens (including phenoxy) is 2. The summed E-state index contributed by atoms with van der Waals surface area (Å²) in [6.07, 6.45) is 60.6. The third-order valence-corrected chi connectivity index (χ3v) is 14.1. The smallest absolute Gasteiger partial charge is 0.220 e. The Kier molecular flexibility index (Phi) is 47.9. The van der Waals surface area contributed by atoms with Crippen LogP contribution in [0.4, 0.5) is 0 Å². The van der Waals surface area contributed by atoms with E-state index in [9.17, 15) is 30.3 Å². The summed E-state index contributed by atoms with van der Waals surface area (Å²) >= 11 is 0. The van der Waals surface area contributed by atoms with E-state index in [1.54, 1.807) is 6.08 Å². The molecule has 1 rings (SSSR count). The van der Waals surface area contributed by atoms with Crippen molar-refractivity contribution in [1.82, 2.24) is 5.32 Å². The van der Waals surface area contributed by atoms with Crippen LogP contribution in [0.5, 0.6) is 0 Å². The van der Waals surface area contributed by atoms with Crippen molar-refractivity contribution in [2.45, 2.75) is 320 Å². The maximum absolute atomic E-state index is 13.0. The lowest BCUT2D eigenvalue weighted by molar-refractivity contribution is -0.302. The van der Waals surface area contributed by atoms with Crippen LogP contribution in [0.1, 0.15) is 277 Å². The fourth-order valence-corrected chi connectivity index (χ4v) is 9.38. The van der Waals surface area contributed by atoms with Gasteiger partial charge in [-0.2, -0.15) is 0 Å². The van der Waals surface area contributed by atoms with Crippen LogP contribution in [0.25, 0.3) is 0 Å². The molecule has 0 bridgehead atoms. The van der Waals surface area contributed by atoms with E-state index < -0.39 is 49.5 Å². The van der Waals surface area contributed by atoms with Gasteiger partial charge < -0.3 is 40.3 Å². The van der Waals surface area contributed by atoms with Gasteiger partial charge in [-0.15, -0.1) is 0 Å². The maximum atomic E-state index is 13.0. The number of amides is 1. The first-order valence-corrected chi connectivity index (χ1v) is 29.9. The van der Waals surface area contributed by atoms with Gasteiger partial charge in [-0.25, -0.2) is 0 Å². The highest BCUT2D eigenvalue weighted by Crippen LogP contribution is 2.23. The summed E-state index contributed by atoms with van der Waals surface area (Å²) in [5.41, 5.74) is 0. The zero-order chi connectivity index (χ0) is 50.8. The highest BCUT2D eigenvalue weighted by atomic mass is 16.7. The average molecular weight is 989 g/mol. The second-order valence-electron chi connectivity index (χ2n) is 20.8. The molecule has 0 saturated carbocycles. The molecule has 1 aliphatic heterocycles. The monoisotopic (exact) mass is 988 g/mol. The van der Waals surface area contributed by atoms with Crippen molar-refractivity contribution in [2.75, 3.05) is 13.2 Å². The molecule has 70 heavy (non-hydrogen) atoms. The maximum Gasteiger partial charge on any atom is 0.220 e. The first kappa shape index (κ1) is 66.2. The number of aliphatic hydroxyl groups is 5. The van der Waals surface area contributed by atoms with E-state index in [0.29, 0.717) is 6.42 Å². The second-order valence-corrected chi connectivity index (χ2v) is 20.8. The predicted molar refractivity (Wildman–Crippen MR) is 295 cm³/mol. The summed E-state index contributed by atoms with van der Waals surface area (Å²) in [6, 6.07) is -0.820. The first-order valence-electron chi connectivity index (χ1n) is 29.9. The molecule has 1 saturated heterocycles. The van der Waals surface area contributed by atoms with E-state index in [1.807, 2.05) is 6.08 Å². The van der Waals surface area contributed by atoms with Gasteiger partial charge in [0.05, 0.1) is 25.4 Å². The molecule has 1 heterocycles. The van der Waals surface area contributed by atoms with Gasteiger partial charge in [0.25, 0.3) is 0 Å². The molecular formula is C61H113NO8. The molecule has 0 spiro atoms. The Bertz CT molecular complexity index is 1240. The van der Waals surface area contributed by atoms with Gasteiger partial charge >= 0.3 is 0 Å². The van der Waals surface area contributed by atoms with Crippen molar-refractivity contribution in [1.29, 1.82) is 0 Å².